The Bertz CT molecular complexity index is 1660. The maximum atomic E-state index is 14.3. The summed E-state index contributed by atoms with van der Waals surface area (Å²) in [5, 5.41) is 1.71. The molecule has 4 heterocycles. The van der Waals surface area contributed by atoms with Gasteiger partial charge in [0.05, 0.1) is 28.2 Å². The molecule has 6 nitrogen and oxygen atoms in total. The van der Waals surface area contributed by atoms with Crippen molar-refractivity contribution in [3.63, 3.8) is 0 Å². The van der Waals surface area contributed by atoms with E-state index in [2.05, 4.69) is 23.0 Å². The number of ether oxygens (including phenoxy) is 2. The first kappa shape index (κ1) is 29.2. The SMILES string of the molecule is Cc1cc(OC2CC2)c2ncc(Cl)cc2c1.O=CN1CC(c2cc3c(c(-c4ccc(F)cc4)n2)OCC3(CF)CF)C1F. The third kappa shape index (κ3) is 5.60. The van der Waals surface area contributed by atoms with Crippen LogP contribution < -0.4 is 9.47 Å². The van der Waals surface area contributed by atoms with Crippen LogP contribution in [0.25, 0.3) is 22.2 Å². The van der Waals surface area contributed by atoms with Crippen LogP contribution in [0, 0.1) is 12.7 Å². The van der Waals surface area contributed by atoms with Crippen LogP contribution in [-0.2, 0) is 10.2 Å². The number of carbonyl (C=O) groups is 1. The van der Waals surface area contributed by atoms with Gasteiger partial charge in [0, 0.05) is 29.3 Å². The van der Waals surface area contributed by atoms with E-state index in [9.17, 15) is 22.4 Å². The van der Waals surface area contributed by atoms with Crippen LogP contribution in [0.5, 0.6) is 11.5 Å². The maximum absolute atomic E-state index is 14.3. The summed E-state index contributed by atoms with van der Waals surface area (Å²) < 4.78 is 66.4. The van der Waals surface area contributed by atoms with E-state index < -0.39 is 36.8 Å². The summed E-state index contributed by atoms with van der Waals surface area (Å²) in [6.07, 6.45) is 3.22. The van der Waals surface area contributed by atoms with Gasteiger partial charge < -0.3 is 14.4 Å². The topological polar surface area (TPSA) is 64.5 Å². The summed E-state index contributed by atoms with van der Waals surface area (Å²) in [6.45, 7) is 0.0252. The molecule has 2 aromatic heterocycles. The molecule has 2 fully saturated rings. The molecule has 1 saturated carbocycles. The van der Waals surface area contributed by atoms with E-state index in [-0.39, 0.29) is 35.9 Å². The van der Waals surface area contributed by atoms with Crippen molar-refractivity contribution in [3.05, 3.63) is 82.4 Å². The Hall–Kier alpha value is -3.92. The van der Waals surface area contributed by atoms with E-state index in [1.165, 1.54) is 35.9 Å². The number of pyridine rings is 2. The molecule has 4 aromatic rings. The number of alkyl halides is 3. The molecular formula is C32H28ClF4N3O3. The molecular weight excluding hydrogens is 586 g/mol. The van der Waals surface area contributed by atoms with Gasteiger partial charge in [0.1, 0.15) is 48.5 Å². The van der Waals surface area contributed by atoms with Crippen molar-refractivity contribution in [2.45, 2.75) is 43.5 Å². The van der Waals surface area contributed by atoms with Crippen LogP contribution in [0.1, 0.15) is 35.6 Å². The van der Waals surface area contributed by atoms with E-state index in [1.807, 2.05) is 12.1 Å². The van der Waals surface area contributed by atoms with Crippen LogP contribution in [0.4, 0.5) is 17.6 Å². The lowest BCUT2D eigenvalue weighted by Gasteiger charge is -2.40. The number of rotatable bonds is 7. The Balaban J connectivity index is 0.000000174. The molecule has 2 unspecified atom stereocenters. The van der Waals surface area contributed by atoms with Crippen LogP contribution in [0.3, 0.4) is 0 Å². The van der Waals surface area contributed by atoms with Crippen molar-refractivity contribution in [1.29, 1.82) is 0 Å². The average molecular weight is 614 g/mol. The van der Waals surface area contributed by atoms with E-state index in [4.69, 9.17) is 21.1 Å². The lowest BCUT2D eigenvalue weighted by molar-refractivity contribution is -0.134. The molecule has 7 rings (SSSR count). The molecule has 1 aliphatic carbocycles. The third-order valence-corrected chi connectivity index (χ3v) is 8.14. The Morgan fingerprint density at radius 2 is 1.88 bits per heavy atom. The van der Waals surface area contributed by atoms with Crippen molar-refractivity contribution in [2.24, 2.45) is 0 Å². The number of halogens is 5. The number of nitrogens with zero attached hydrogens (tertiary/aromatic N) is 3. The van der Waals surface area contributed by atoms with Gasteiger partial charge in [-0.1, -0.05) is 11.6 Å². The van der Waals surface area contributed by atoms with E-state index >= 15 is 0 Å². The first-order valence-electron chi connectivity index (χ1n) is 13.9. The van der Waals surface area contributed by atoms with Crippen LogP contribution >= 0.6 is 11.6 Å². The minimum Gasteiger partial charge on any atom is -0.490 e. The van der Waals surface area contributed by atoms with Gasteiger partial charge >= 0.3 is 0 Å². The normalized spacial score (nSPS) is 20.0. The Labute approximate surface area is 250 Å². The molecule has 0 bridgehead atoms. The number of fused-ring (bicyclic) bond motifs is 2. The fourth-order valence-corrected chi connectivity index (χ4v) is 5.43. The molecule has 1 amide bonds. The maximum Gasteiger partial charge on any atom is 0.212 e. The largest absolute Gasteiger partial charge is 0.490 e. The molecule has 2 atom stereocenters. The smallest absolute Gasteiger partial charge is 0.212 e. The van der Waals surface area contributed by atoms with Gasteiger partial charge in [-0.2, -0.15) is 0 Å². The molecule has 0 N–H and O–H groups in total. The van der Waals surface area contributed by atoms with Crippen LogP contribution in [0.15, 0.2) is 54.7 Å². The highest BCUT2D eigenvalue weighted by atomic mass is 35.5. The number of carbonyl (C=O) groups excluding carboxylic acids is 1. The number of hydrogen-bond donors (Lipinski definition) is 0. The zero-order chi connectivity index (χ0) is 30.3. The summed E-state index contributed by atoms with van der Waals surface area (Å²) in [5.41, 5.74) is 1.95. The number of aromatic nitrogens is 2. The lowest BCUT2D eigenvalue weighted by Crippen LogP contribution is -2.51. The summed E-state index contributed by atoms with van der Waals surface area (Å²) in [4.78, 5) is 20.6. The molecule has 1 saturated heterocycles. The van der Waals surface area contributed by atoms with Gasteiger partial charge in [0.25, 0.3) is 0 Å². The quantitative estimate of drug-likeness (QED) is 0.127. The highest BCUT2D eigenvalue weighted by Crippen LogP contribution is 2.47. The predicted octanol–water partition coefficient (Wildman–Crippen LogP) is 7.05. The van der Waals surface area contributed by atoms with Crippen LogP contribution in [-0.4, -0.2) is 60.2 Å². The van der Waals surface area contributed by atoms with Gasteiger partial charge in [0.15, 0.2) is 6.30 Å². The molecule has 3 aliphatic rings. The number of likely N-dealkylation sites (tertiary alicyclic amines) is 1. The molecule has 0 radical (unpaired) electrons. The van der Waals surface area contributed by atoms with Crippen molar-refractivity contribution < 1.29 is 31.8 Å². The molecule has 2 aromatic carbocycles. The summed E-state index contributed by atoms with van der Waals surface area (Å²) in [7, 11) is 0. The van der Waals surface area contributed by atoms with Crippen molar-refractivity contribution >= 4 is 28.9 Å². The van der Waals surface area contributed by atoms with Crippen molar-refractivity contribution in [3.8, 4) is 22.8 Å². The number of aryl methyl sites for hydroxylation is 1. The Morgan fingerprint density at radius 1 is 1.14 bits per heavy atom. The summed E-state index contributed by atoms with van der Waals surface area (Å²) in [5.74, 6) is -0.0345. The summed E-state index contributed by atoms with van der Waals surface area (Å²) in [6, 6.07) is 12.9. The predicted molar refractivity (Wildman–Crippen MR) is 154 cm³/mol. The zero-order valence-electron chi connectivity index (χ0n) is 23.2. The van der Waals surface area contributed by atoms with Gasteiger partial charge in [-0.15, -0.1) is 0 Å². The average Bonchev–Trinajstić information content (AvgIpc) is 3.74. The molecule has 0 spiro atoms. The van der Waals surface area contributed by atoms with Crippen molar-refractivity contribution in [1.82, 2.24) is 14.9 Å². The van der Waals surface area contributed by atoms with E-state index in [1.54, 1.807) is 6.20 Å². The van der Waals surface area contributed by atoms with Crippen molar-refractivity contribution in [2.75, 3.05) is 26.5 Å². The lowest BCUT2D eigenvalue weighted by atomic mass is 9.82. The molecule has 224 valence electrons. The van der Waals surface area contributed by atoms with Gasteiger partial charge in [-0.05, 0) is 73.9 Å². The highest BCUT2D eigenvalue weighted by Gasteiger charge is 2.46. The van der Waals surface area contributed by atoms with Gasteiger partial charge in [0.2, 0.25) is 6.41 Å². The fraction of sp³-hybridized carbons (Fsp3) is 0.344. The Morgan fingerprint density at radius 3 is 2.53 bits per heavy atom. The number of amides is 1. The standard InChI is InChI=1S/C19H16F4N2O2.C13H12ClNO/c20-7-19(8-21)9-27-17-14(19)5-15(13-6-25(10-26)18(13)23)24-16(17)11-1-3-12(22)4-2-11;1-8-4-9-6-10(14)7-15-13(9)12(5-8)16-11-2-3-11/h1-5,10,13,18H,6-9H2;4-7,11H,2-3H2,1H3. The number of hydrogen-bond acceptors (Lipinski definition) is 5. The minimum absolute atomic E-state index is 0.123. The van der Waals surface area contributed by atoms with Gasteiger partial charge in [-0.3, -0.25) is 9.78 Å². The Kier molecular flexibility index (Phi) is 7.89. The second-order valence-electron chi connectivity index (χ2n) is 11.2. The molecule has 43 heavy (non-hydrogen) atoms. The third-order valence-electron chi connectivity index (χ3n) is 7.94. The molecule has 2 aliphatic heterocycles. The second-order valence-corrected chi connectivity index (χ2v) is 11.6. The van der Waals surface area contributed by atoms with E-state index in [0.29, 0.717) is 23.1 Å². The molecule has 11 heteroatoms. The summed E-state index contributed by atoms with van der Waals surface area (Å²) >= 11 is 5.94. The highest BCUT2D eigenvalue weighted by molar-refractivity contribution is 6.31. The monoisotopic (exact) mass is 613 g/mol. The first-order chi connectivity index (χ1) is 20.7. The minimum atomic E-state index is -1.55. The number of benzene rings is 2. The van der Waals surface area contributed by atoms with E-state index in [0.717, 1.165) is 34.4 Å². The zero-order valence-corrected chi connectivity index (χ0v) is 24.0. The second kappa shape index (κ2) is 11.6. The fourth-order valence-electron chi connectivity index (χ4n) is 5.26. The van der Waals surface area contributed by atoms with Gasteiger partial charge in [-0.25, -0.2) is 22.5 Å². The van der Waals surface area contributed by atoms with Crippen LogP contribution in [0.2, 0.25) is 5.02 Å². The first-order valence-corrected chi connectivity index (χ1v) is 14.3.